The molecule has 1 heterocycles. The van der Waals surface area contributed by atoms with Gasteiger partial charge in [0.2, 0.25) is 0 Å². The molecule has 0 aliphatic heterocycles. The van der Waals surface area contributed by atoms with Crippen LogP contribution < -0.4 is 0 Å². The summed E-state index contributed by atoms with van der Waals surface area (Å²) in [5, 5.41) is 9.94. The monoisotopic (exact) mass is 380 g/mol. The normalized spacial score (nSPS) is 12.7. The van der Waals surface area contributed by atoms with Gasteiger partial charge in [0, 0.05) is 16.3 Å². The van der Waals surface area contributed by atoms with Crippen molar-refractivity contribution in [2.75, 3.05) is 0 Å². The SMILES string of the molecule is Clc1ccc(C=NC(c2ccc(Cl)cc2)n2nnc3ccccc32)cc1. The van der Waals surface area contributed by atoms with Gasteiger partial charge in [-0.15, -0.1) is 5.10 Å². The van der Waals surface area contributed by atoms with Gasteiger partial charge in [-0.1, -0.05) is 64.8 Å². The summed E-state index contributed by atoms with van der Waals surface area (Å²) in [4.78, 5) is 4.77. The molecule has 0 saturated carbocycles. The maximum atomic E-state index is 6.04. The summed E-state index contributed by atoms with van der Waals surface area (Å²) < 4.78 is 1.81. The van der Waals surface area contributed by atoms with Crippen molar-refractivity contribution in [3.05, 3.63) is 94.0 Å². The van der Waals surface area contributed by atoms with Crippen molar-refractivity contribution >= 4 is 40.4 Å². The van der Waals surface area contributed by atoms with Gasteiger partial charge < -0.3 is 0 Å². The van der Waals surface area contributed by atoms with Gasteiger partial charge in [0.05, 0.1) is 5.52 Å². The maximum Gasteiger partial charge on any atom is 0.169 e. The summed E-state index contributed by atoms with van der Waals surface area (Å²) in [5.41, 5.74) is 3.67. The molecule has 4 aromatic rings. The van der Waals surface area contributed by atoms with Crippen molar-refractivity contribution in [3.8, 4) is 0 Å². The van der Waals surface area contributed by atoms with Crippen molar-refractivity contribution in [1.82, 2.24) is 15.0 Å². The van der Waals surface area contributed by atoms with Crippen LogP contribution in [0.25, 0.3) is 11.0 Å². The second-order valence-electron chi connectivity index (χ2n) is 5.78. The second-order valence-corrected chi connectivity index (χ2v) is 6.65. The van der Waals surface area contributed by atoms with E-state index in [2.05, 4.69) is 10.3 Å². The number of aromatic nitrogens is 3. The van der Waals surface area contributed by atoms with Crippen molar-refractivity contribution in [3.63, 3.8) is 0 Å². The van der Waals surface area contributed by atoms with Gasteiger partial charge in [-0.05, 0) is 47.5 Å². The van der Waals surface area contributed by atoms with E-state index in [1.165, 1.54) is 0 Å². The van der Waals surface area contributed by atoms with E-state index in [1.54, 1.807) is 0 Å². The van der Waals surface area contributed by atoms with Crippen LogP contribution in [0.2, 0.25) is 10.0 Å². The quantitative estimate of drug-likeness (QED) is 0.444. The Morgan fingerprint density at radius 2 is 1.50 bits per heavy atom. The van der Waals surface area contributed by atoms with Gasteiger partial charge in [0.15, 0.2) is 6.17 Å². The first-order valence-corrected chi connectivity index (χ1v) is 8.80. The Hall–Kier alpha value is -2.69. The lowest BCUT2D eigenvalue weighted by Crippen LogP contribution is -2.10. The minimum absolute atomic E-state index is 0.352. The third kappa shape index (κ3) is 3.47. The summed E-state index contributed by atoms with van der Waals surface area (Å²) in [6.07, 6.45) is 1.46. The topological polar surface area (TPSA) is 43.1 Å². The van der Waals surface area contributed by atoms with E-state index in [0.29, 0.717) is 10.0 Å². The average Bonchev–Trinajstić information content (AvgIpc) is 3.09. The molecule has 1 unspecified atom stereocenters. The first-order valence-electron chi connectivity index (χ1n) is 8.05. The second kappa shape index (κ2) is 7.28. The summed E-state index contributed by atoms with van der Waals surface area (Å²) in [6, 6.07) is 22.9. The molecule has 3 aromatic carbocycles. The van der Waals surface area contributed by atoms with Crippen LogP contribution >= 0.6 is 23.2 Å². The highest BCUT2D eigenvalue weighted by molar-refractivity contribution is 6.30. The molecular formula is C20H14Cl2N4. The molecule has 0 aliphatic rings. The molecule has 128 valence electrons. The van der Waals surface area contributed by atoms with E-state index in [9.17, 15) is 0 Å². The van der Waals surface area contributed by atoms with Crippen molar-refractivity contribution in [2.24, 2.45) is 4.99 Å². The molecule has 0 spiro atoms. The standard InChI is InChI=1S/C20H14Cl2N4/c21-16-9-5-14(6-10-16)13-23-20(15-7-11-17(22)12-8-15)26-19-4-2-1-3-18(19)24-25-26/h1-13,20H. The smallest absolute Gasteiger partial charge is 0.169 e. The van der Waals surface area contributed by atoms with E-state index in [-0.39, 0.29) is 6.17 Å². The zero-order chi connectivity index (χ0) is 17.9. The lowest BCUT2D eigenvalue weighted by atomic mass is 10.1. The fourth-order valence-electron chi connectivity index (χ4n) is 2.70. The number of benzene rings is 3. The Balaban J connectivity index is 1.79. The molecule has 6 heteroatoms. The molecular weight excluding hydrogens is 367 g/mol. The fourth-order valence-corrected chi connectivity index (χ4v) is 2.95. The van der Waals surface area contributed by atoms with Crippen LogP contribution in [0.3, 0.4) is 0 Å². The molecule has 0 aliphatic carbocycles. The molecule has 0 bridgehead atoms. The van der Waals surface area contributed by atoms with E-state index in [0.717, 1.165) is 22.2 Å². The molecule has 4 nitrogen and oxygen atoms in total. The number of aliphatic imine (C=N–C) groups is 1. The third-order valence-corrected chi connectivity index (χ3v) is 4.52. The van der Waals surface area contributed by atoms with Gasteiger partial charge in [-0.25, -0.2) is 4.68 Å². The molecule has 4 rings (SSSR count). The lowest BCUT2D eigenvalue weighted by molar-refractivity contribution is 0.543. The number of nitrogens with zero attached hydrogens (tertiary/aromatic N) is 4. The first kappa shape index (κ1) is 16.8. The summed E-state index contributed by atoms with van der Waals surface area (Å²) in [7, 11) is 0. The molecule has 0 radical (unpaired) electrons. The Morgan fingerprint density at radius 3 is 2.23 bits per heavy atom. The van der Waals surface area contributed by atoms with Gasteiger partial charge >= 0.3 is 0 Å². The van der Waals surface area contributed by atoms with Crippen molar-refractivity contribution in [2.45, 2.75) is 6.17 Å². The highest BCUT2D eigenvalue weighted by atomic mass is 35.5. The van der Waals surface area contributed by atoms with Gasteiger partial charge in [-0.3, -0.25) is 4.99 Å². The highest BCUT2D eigenvalue weighted by Crippen LogP contribution is 2.25. The highest BCUT2D eigenvalue weighted by Gasteiger charge is 2.16. The Bertz CT molecular complexity index is 1050. The van der Waals surface area contributed by atoms with Gasteiger partial charge in [-0.2, -0.15) is 0 Å². The number of rotatable bonds is 4. The zero-order valence-corrected chi connectivity index (χ0v) is 15.1. The number of hydrogen-bond acceptors (Lipinski definition) is 3. The van der Waals surface area contributed by atoms with E-state index in [4.69, 9.17) is 28.2 Å². The van der Waals surface area contributed by atoms with Crippen molar-refractivity contribution < 1.29 is 0 Å². The predicted octanol–water partition coefficient (Wildman–Crippen LogP) is 5.40. The van der Waals surface area contributed by atoms with Crippen LogP contribution in [0.4, 0.5) is 0 Å². The van der Waals surface area contributed by atoms with E-state index in [1.807, 2.05) is 83.7 Å². The fraction of sp³-hybridized carbons (Fsp3) is 0.0500. The number of para-hydroxylation sites is 1. The third-order valence-electron chi connectivity index (χ3n) is 4.01. The molecule has 0 saturated heterocycles. The van der Waals surface area contributed by atoms with Crippen molar-refractivity contribution in [1.29, 1.82) is 0 Å². The summed E-state index contributed by atoms with van der Waals surface area (Å²) >= 11 is 12.0. The van der Waals surface area contributed by atoms with Crippen LogP contribution in [-0.4, -0.2) is 21.2 Å². The van der Waals surface area contributed by atoms with Crippen LogP contribution in [0.1, 0.15) is 17.3 Å². The van der Waals surface area contributed by atoms with Gasteiger partial charge in [0.1, 0.15) is 5.52 Å². The van der Waals surface area contributed by atoms with Crippen LogP contribution in [0.15, 0.2) is 77.8 Å². The maximum absolute atomic E-state index is 6.04. The predicted molar refractivity (Wildman–Crippen MR) is 106 cm³/mol. The first-order chi connectivity index (χ1) is 12.7. The molecule has 26 heavy (non-hydrogen) atoms. The van der Waals surface area contributed by atoms with Crippen LogP contribution in [0.5, 0.6) is 0 Å². The number of hydrogen-bond donors (Lipinski definition) is 0. The largest absolute Gasteiger partial charge is 0.261 e. The minimum Gasteiger partial charge on any atom is -0.261 e. The summed E-state index contributed by atoms with van der Waals surface area (Å²) in [5.74, 6) is 0. The minimum atomic E-state index is -0.352. The Kier molecular flexibility index (Phi) is 4.69. The molecule has 0 fully saturated rings. The van der Waals surface area contributed by atoms with Crippen LogP contribution in [0, 0.1) is 0 Å². The molecule has 1 atom stereocenters. The lowest BCUT2D eigenvalue weighted by Gasteiger charge is -2.14. The zero-order valence-electron chi connectivity index (χ0n) is 13.6. The average molecular weight is 381 g/mol. The van der Waals surface area contributed by atoms with E-state index < -0.39 is 0 Å². The van der Waals surface area contributed by atoms with Crippen LogP contribution in [-0.2, 0) is 0 Å². The Labute approximate surface area is 160 Å². The van der Waals surface area contributed by atoms with E-state index >= 15 is 0 Å². The molecule has 1 aromatic heterocycles. The number of fused-ring (bicyclic) bond motifs is 1. The Morgan fingerprint density at radius 1 is 0.846 bits per heavy atom. The van der Waals surface area contributed by atoms with Gasteiger partial charge in [0.25, 0.3) is 0 Å². The molecule has 0 N–H and O–H groups in total. The number of halogens is 2. The molecule has 0 amide bonds. The summed E-state index contributed by atoms with van der Waals surface area (Å²) in [6.45, 7) is 0.